The first kappa shape index (κ1) is 10.9. The molecule has 2 aromatic rings. The molecule has 16 heavy (non-hydrogen) atoms. The summed E-state index contributed by atoms with van der Waals surface area (Å²) >= 11 is 0. The van der Waals surface area contributed by atoms with E-state index in [9.17, 15) is 4.39 Å². The molecular weight excluding hydrogens is 203 g/mol. The van der Waals surface area contributed by atoms with Crippen molar-refractivity contribution >= 4 is 16.7 Å². The van der Waals surface area contributed by atoms with E-state index in [4.69, 9.17) is 0 Å². The third-order valence-corrected chi connectivity index (χ3v) is 2.45. The highest BCUT2D eigenvalue weighted by Gasteiger charge is 2.04. The van der Waals surface area contributed by atoms with Gasteiger partial charge in [0, 0.05) is 11.9 Å². The number of hydrogen-bond donors (Lipinski definition) is 1. The Labute approximate surface area is 94.5 Å². The third-order valence-electron chi connectivity index (χ3n) is 2.45. The van der Waals surface area contributed by atoms with Gasteiger partial charge in [0.25, 0.3) is 0 Å². The minimum atomic E-state index is -0.254. The Bertz CT molecular complexity index is 509. The van der Waals surface area contributed by atoms with Crippen molar-refractivity contribution in [2.45, 2.75) is 20.3 Å². The monoisotopic (exact) mass is 218 g/mol. The summed E-state index contributed by atoms with van der Waals surface area (Å²) in [6.07, 6.45) is 1.02. The number of halogens is 1. The van der Waals surface area contributed by atoms with Crippen LogP contribution < -0.4 is 5.32 Å². The summed E-state index contributed by atoms with van der Waals surface area (Å²) in [7, 11) is 0. The fraction of sp³-hybridized carbons (Fsp3) is 0.308. The van der Waals surface area contributed by atoms with Crippen molar-refractivity contribution in [1.82, 2.24) is 4.98 Å². The van der Waals surface area contributed by atoms with Crippen molar-refractivity contribution in [1.29, 1.82) is 0 Å². The topological polar surface area (TPSA) is 24.9 Å². The number of aryl methyl sites for hydroxylation is 1. The molecule has 0 aliphatic heterocycles. The van der Waals surface area contributed by atoms with Gasteiger partial charge in [-0.2, -0.15) is 0 Å². The lowest BCUT2D eigenvalue weighted by molar-refractivity contribution is 0.636. The zero-order valence-corrected chi connectivity index (χ0v) is 9.55. The molecule has 2 nitrogen and oxygen atoms in total. The molecule has 0 saturated heterocycles. The van der Waals surface area contributed by atoms with Crippen LogP contribution in [0.25, 0.3) is 10.9 Å². The third kappa shape index (κ3) is 2.13. The molecule has 1 aromatic carbocycles. The van der Waals surface area contributed by atoms with E-state index >= 15 is 0 Å². The Morgan fingerprint density at radius 3 is 2.88 bits per heavy atom. The number of hydrogen-bond acceptors (Lipinski definition) is 2. The molecule has 0 aliphatic carbocycles. The normalized spacial score (nSPS) is 10.7. The van der Waals surface area contributed by atoms with Crippen LogP contribution >= 0.6 is 0 Å². The Morgan fingerprint density at radius 1 is 1.31 bits per heavy atom. The number of nitrogens with one attached hydrogen (secondary N) is 1. The predicted molar refractivity (Wildman–Crippen MR) is 65.2 cm³/mol. The average molecular weight is 218 g/mol. The van der Waals surface area contributed by atoms with Crippen molar-refractivity contribution in [2.75, 3.05) is 11.9 Å². The first-order valence-corrected chi connectivity index (χ1v) is 5.51. The molecule has 0 saturated carbocycles. The summed E-state index contributed by atoms with van der Waals surface area (Å²) in [5, 5.41) is 4.00. The summed E-state index contributed by atoms with van der Waals surface area (Å²) in [4.78, 5) is 4.27. The maximum Gasteiger partial charge on any atom is 0.149 e. The summed E-state index contributed by atoms with van der Waals surface area (Å²) in [5.41, 5.74) is 1.35. The van der Waals surface area contributed by atoms with E-state index in [2.05, 4.69) is 17.2 Å². The molecule has 0 amide bonds. The maximum absolute atomic E-state index is 13.7. The van der Waals surface area contributed by atoms with Crippen LogP contribution in [0.2, 0.25) is 0 Å². The minimum absolute atomic E-state index is 0.254. The van der Waals surface area contributed by atoms with E-state index in [1.54, 1.807) is 0 Å². The number of fused-ring (bicyclic) bond motifs is 1. The van der Waals surface area contributed by atoms with Crippen molar-refractivity contribution in [3.63, 3.8) is 0 Å². The van der Waals surface area contributed by atoms with Crippen molar-refractivity contribution in [3.05, 3.63) is 35.6 Å². The zero-order valence-electron chi connectivity index (χ0n) is 9.55. The Kier molecular flexibility index (Phi) is 3.04. The average Bonchev–Trinajstić information content (AvgIpc) is 2.26. The SMILES string of the molecule is CCCNc1ccc2cc(C)cc(F)c2n1. The van der Waals surface area contributed by atoms with Gasteiger partial charge in [-0.3, -0.25) is 0 Å². The zero-order chi connectivity index (χ0) is 11.5. The van der Waals surface area contributed by atoms with Gasteiger partial charge in [0.2, 0.25) is 0 Å². The van der Waals surface area contributed by atoms with Gasteiger partial charge in [0.15, 0.2) is 0 Å². The van der Waals surface area contributed by atoms with E-state index in [1.807, 2.05) is 25.1 Å². The largest absolute Gasteiger partial charge is 0.370 e. The number of benzene rings is 1. The van der Waals surface area contributed by atoms with Gasteiger partial charge in [0.05, 0.1) is 0 Å². The number of anilines is 1. The molecule has 2 rings (SSSR count). The highest BCUT2D eigenvalue weighted by Crippen LogP contribution is 2.20. The van der Waals surface area contributed by atoms with Crippen molar-refractivity contribution in [2.24, 2.45) is 0 Å². The number of pyridine rings is 1. The molecule has 84 valence electrons. The number of nitrogens with zero attached hydrogens (tertiary/aromatic N) is 1. The Hall–Kier alpha value is -1.64. The van der Waals surface area contributed by atoms with Crippen molar-refractivity contribution in [3.8, 4) is 0 Å². The predicted octanol–water partition coefficient (Wildman–Crippen LogP) is 3.50. The fourth-order valence-corrected chi connectivity index (χ4v) is 1.68. The number of aromatic nitrogens is 1. The smallest absolute Gasteiger partial charge is 0.149 e. The molecule has 3 heteroatoms. The van der Waals surface area contributed by atoms with Gasteiger partial charge in [-0.25, -0.2) is 9.37 Å². The molecule has 0 atom stereocenters. The molecule has 0 radical (unpaired) electrons. The second-order valence-corrected chi connectivity index (χ2v) is 3.94. The number of rotatable bonds is 3. The quantitative estimate of drug-likeness (QED) is 0.852. The second-order valence-electron chi connectivity index (χ2n) is 3.94. The Morgan fingerprint density at radius 2 is 2.12 bits per heavy atom. The van der Waals surface area contributed by atoms with Gasteiger partial charge in [0.1, 0.15) is 17.2 Å². The molecule has 0 bridgehead atoms. The van der Waals surface area contributed by atoms with Gasteiger partial charge in [-0.15, -0.1) is 0 Å². The lowest BCUT2D eigenvalue weighted by atomic mass is 10.1. The molecule has 1 heterocycles. The fourth-order valence-electron chi connectivity index (χ4n) is 1.68. The van der Waals surface area contributed by atoms with Crippen LogP contribution in [0, 0.1) is 12.7 Å². The van der Waals surface area contributed by atoms with Gasteiger partial charge in [-0.05, 0) is 43.2 Å². The van der Waals surface area contributed by atoms with Gasteiger partial charge in [-0.1, -0.05) is 6.92 Å². The van der Waals surface area contributed by atoms with Crippen LogP contribution in [0.15, 0.2) is 24.3 Å². The van der Waals surface area contributed by atoms with Crippen LogP contribution in [0.3, 0.4) is 0 Å². The van der Waals surface area contributed by atoms with E-state index in [0.717, 1.165) is 29.7 Å². The first-order valence-electron chi connectivity index (χ1n) is 5.51. The van der Waals surface area contributed by atoms with Crippen LogP contribution in [0.5, 0.6) is 0 Å². The lowest BCUT2D eigenvalue weighted by Gasteiger charge is -2.06. The maximum atomic E-state index is 13.7. The molecule has 0 unspecified atom stereocenters. The molecular formula is C13H15FN2. The molecule has 1 N–H and O–H groups in total. The van der Waals surface area contributed by atoms with Crippen LogP contribution in [0.4, 0.5) is 10.2 Å². The van der Waals surface area contributed by atoms with E-state index in [1.165, 1.54) is 6.07 Å². The lowest BCUT2D eigenvalue weighted by Crippen LogP contribution is -2.02. The van der Waals surface area contributed by atoms with E-state index in [0.29, 0.717) is 5.52 Å². The van der Waals surface area contributed by atoms with Crippen LogP contribution in [-0.2, 0) is 0 Å². The van der Waals surface area contributed by atoms with Crippen LogP contribution in [-0.4, -0.2) is 11.5 Å². The Balaban J connectivity index is 2.45. The molecule has 0 spiro atoms. The summed E-state index contributed by atoms with van der Waals surface area (Å²) in [5.74, 6) is 0.479. The molecule has 0 fully saturated rings. The summed E-state index contributed by atoms with van der Waals surface area (Å²) < 4.78 is 13.7. The van der Waals surface area contributed by atoms with Crippen LogP contribution in [0.1, 0.15) is 18.9 Å². The molecule has 0 aliphatic rings. The first-order chi connectivity index (χ1) is 7.70. The highest BCUT2D eigenvalue weighted by molar-refractivity contribution is 5.81. The van der Waals surface area contributed by atoms with Crippen molar-refractivity contribution < 1.29 is 4.39 Å². The summed E-state index contributed by atoms with van der Waals surface area (Å²) in [6.45, 7) is 4.82. The van der Waals surface area contributed by atoms with E-state index < -0.39 is 0 Å². The standard InChI is InChI=1S/C13H15FN2/c1-3-6-15-12-5-4-10-7-9(2)8-11(14)13(10)16-12/h4-5,7-8H,3,6H2,1-2H3,(H,15,16). The second kappa shape index (κ2) is 4.47. The summed E-state index contributed by atoms with van der Waals surface area (Å²) in [6, 6.07) is 7.24. The molecule has 1 aromatic heterocycles. The van der Waals surface area contributed by atoms with Gasteiger partial charge >= 0.3 is 0 Å². The highest BCUT2D eigenvalue weighted by atomic mass is 19.1. The van der Waals surface area contributed by atoms with Gasteiger partial charge < -0.3 is 5.32 Å². The van der Waals surface area contributed by atoms with E-state index in [-0.39, 0.29) is 5.82 Å². The minimum Gasteiger partial charge on any atom is -0.370 e.